The number of nitrogens with two attached hydrogens (primary N) is 1. The van der Waals surface area contributed by atoms with Crippen molar-refractivity contribution in [1.29, 1.82) is 0 Å². The highest BCUT2D eigenvalue weighted by atomic mass is 79.9. The van der Waals surface area contributed by atoms with Gasteiger partial charge < -0.3 is 20.7 Å². The first-order valence-electron chi connectivity index (χ1n) is 11.4. The Hall–Kier alpha value is -2.09. The zero-order chi connectivity index (χ0) is 22.7. The number of halogens is 1. The molecule has 0 spiro atoms. The molecule has 2 aliphatic heterocycles. The summed E-state index contributed by atoms with van der Waals surface area (Å²) >= 11 is 3.55. The van der Waals surface area contributed by atoms with Crippen LogP contribution in [-0.4, -0.2) is 61.2 Å². The molecule has 4 rings (SSSR count). The van der Waals surface area contributed by atoms with Crippen LogP contribution in [0.4, 0.5) is 10.5 Å². The monoisotopic (exact) mass is 500 g/mol. The number of nitrogens with one attached hydrogen (secondary N) is 1. The first-order valence-corrected chi connectivity index (χ1v) is 12.2. The van der Waals surface area contributed by atoms with Crippen molar-refractivity contribution in [3.8, 4) is 5.75 Å². The molecular weight excluding hydrogens is 468 g/mol. The number of urea groups is 1. The van der Waals surface area contributed by atoms with Gasteiger partial charge in [-0.25, -0.2) is 4.79 Å². The zero-order valence-corrected chi connectivity index (χ0v) is 20.4. The van der Waals surface area contributed by atoms with E-state index in [-0.39, 0.29) is 6.03 Å². The van der Waals surface area contributed by atoms with Crippen molar-refractivity contribution in [1.82, 2.24) is 9.80 Å². The molecular formula is C25H33BrN4O2. The third-order valence-corrected chi connectivity index (χ3v) is 7.53. The normalized spacial score (nSPS) is 25.8. The number of benzene rings is 2. The molecule has 2 amide bonds. The largest absolute Gasteiger partial charge is 0.497 e. The molecule has 0 radical (unpaired) electrons. The van der Waals surface area contributed by atoms with Gasteiger partial charge in [-0.3, -0.25) is 4.90 Å². The van der Waals surface area contributed by atoms with Gasteiger partial charge in [-0.1, -0.05) is 35.0 Å². The van der Waals surface area contributed by atoms with Crippen LogP contribution in [0.1, 0.15) is 31.2 Å². The van der Waals surface area contributed by atoms with E-state index in [9.17, 15) is 4.79 Å². The number of hydrogen-bond acceptors (Lipinski definition) is 4. The fraction of sp³-hybridized carbons (Fsp3) is 0.480. The van der Waals surface area contributed by atoms with E-state index >= 15 is 0 Å². The second-order valence-electron chi connectivity index (χ2n) is 8.81. The quantitative estimate of drug-likeness (QED) is 0.633. The number of carbonyl (C=O) groups excluding carboxylic acids is 1. The lowest BCUT2D eigenvalue weighted by atomic mass is 9.72. The van der Waals surface area contributed by atoms with Gasteiger partial charge in [0.25, 0.3) is 0 Å². The number of carbonyl (C=O) groups is 1. The Labute approximate surface area is 199 Å². The Balaban J connectivity index is 1.54. The zero-order valence-electron chi connectivity index (χ0n) is 18.8. The molecule has 2 aromatic carbocycles. The molecule has 0 aliphatic carbocycles. The maximum Gasteiger partial charge on any atom is 0.321 e. The van der Waals surface area contributed by atoms with Crippen LogP contribution in [0.25, 0.3) is 0 Å². The Morgan fingerprint density at radius 3 is 2.50 bits per heavy atom. The average Bonchev–Trinajstić information content (AvgIpc) is 2.79. The minimum atomic E-state index is -0.0648. The van der Waals surface area contributed by atoms with Gasteiger partial charge in [-0.15, -0.1) is 0 Å². The molecule has 7 heteroatoms. The Bertz CT molecular complexity index is 905. The molecule has 2 saturated heterocycles. The number of methoxy groups -OCH3 is 1. The molecule has 4 atom stereocenters. The van der Waals surface area contributed by atoms with Crippen LogP contribution in [0.2, 0.25) is 0 Å². The van der Waals surface area contributed by atoms with E-state index in [1.54, 1.807) is 7.11 Å². The Morgan fingerprint density at radius 2 is 1.88 bits per heavy atom. The minimum absolute atomic E-state index is 0.0648. The van der Waals surface area contributed by atoms with E-state index in [0.717, 1.165) is 35.3 Å². The first kappa shape index (κ1) is 23.1. The lowest BCUT2D eigenvalue weighted by Crippen LogP contribution is -2.67. The molecule has 1 unspecified atom stereocenters. The second kappa shape index (κ2) is 10.2. The molecule has 0 bridgehead atoms. The van der Waals surface area contributed by atoms with E-state index in [4.69, 9.17) is 10.5 Å². The van der Waals surface area contributed by atoms with Crippen LogP contribution >= 0.6 is 15.9 Å². The maximum absolute atomic E-state index is 13.3. The number of rotatable bonds is 5. The van der Waals surface area contributed by atoms with Crippen LogP contribution in [0.15, 0.2) is 53.0 Å². The van der Waals surface area contributed by atoms with E-state index < -0.39 is 0 Å². The van der Waals surface area contributed by atoms with Crippen molar-refractivity contribution in [2.24, 2.45) is 11.7 Å². The molecule has 2 aromatic rings. The van der Waals surface area contributed by atoms with Gasteiger partial charge in [-0.05, 0) is 73.8 Å². The second-order valence-corrected chi connectivity index (χ2v) is 9.73. The van der Waals surface area contributed by atoms with Gasteiger partial charge in [0.05, 0.1) is 7.11 Å². The van der Waals surface area contributed by atoms with Crippen LogP contribution in [0.5, 0.6) is 5.75 Å². The molecule has 3 N–H and O–H groups in total. The highest BCUT2D eigenvalue weighted by Gasteiger charge is 2.49. The van der Waals surface area contributed by atoms with E-state index in [0.29, 0.717) is 43.6 Å². The van der Waals surface area contributed by atoms with Gasteiger partial charge in [0, 0.05) is 41.3 Å². The van der Waals surface area contributed by atoms with E-state index in [2.05, 4.69) is 57.3 Å². The molecule has 32 heavy (non-hydrogen) atoms. The molecule has 2 fully saturated rings. The van der Waals surface area contributed by atoms with Gasteiger partial charge in [0.1, 0.15) is 5.75 Å². The van der Waals surface area contributed by atoms with Crippen LogP contribution in [-0.2, 0) is 0 Å². The Kier molecular flexibility index (Phi) is 7.38. The lowest BCUT2D eigenvalue weighted by Gasteiger charge is -2.58. The van der Waals surface area contributed by atoms with E-state index in [1.807, 2.05) is 29.2 Å². The molecule has 2 heterocycles. The fourth-order valence-corrected chi connectivity index (χ4v) is 5.52. The third-order valence-electron chi connectivity index (χ3n) is 7.00. The van der Waals surface area contributed by atoms with Gasteiger partial charge in [0.15, 0.2) is 0 Å². The number of hydrogen-bond donors (Lipinski definition) is 2. The SMILES string of the molecule is CC[C@@H]1[C@H](c2ccc(Br)cc2)[C@@H]2CN(C(=O)Nc3ccc(OC)cc3)CC(CN)CCN12. The van der Waals surface area contributed by atoms with Crippen molar-refractivity contribution in [3.63, 3.8) is 0 Å². The predicted molar refractivity (Wildman–Crippen MR) is 132 cm³/mol. The topological polar surface area (TPSA) is 70.8 Å². The summed E-state index contributed by atoms with van der Waals surface area (Å²) in [5.74, 6) is 1.51. The summed E-state index contributed by atoms with van der Waals surface area (Å²) in [5.41, 5.74) is 8.19. The summed E-state index contributed by atoms with van der Waals surface area (Å²) in [6, 6.07) is 16.9. The van der Waals surface area contributed by atoms with Gasteiger partial charge >= 0.3 is 6.03 Å². The summed E-state index contributed by atoms with van der Waals surface area (Å²) in [5, 5.41) is 3.07. The summed E-state index contributed by atoms with van der Waals surface area (Å²) in [4.78, 5) is 17.8. The lowest BCUT2D eigenvalue weighted by molar-refractivity contribution is -0.0431. The number of fused-ring (bicyclic) bond motifs is 1. The smallest absolute Gasteiger partial charge is 0.321 e. The number of anilines is 1. The molecule has 172 valence electrons. The van der Waals surface area contributed by atoms with Crippen LogP contribution in [0.3, 0.4) is 0 Å². The van der Waals surface area contributed by atoms with Crippen molar-refractivity contribution in [2.75, 3.05) is 38.6 Å². The average molecular weight is 501 g/mol. The third kappa shape index (κ3) is 4.80. The predicted octanol–water partition coefficient (Wildman–Crippen LogP) is 4.52. The first-order chi connectivity index (χ1) is 15.5. The highest BCUT2D eigenvalue weighted by Crippen LogP contribution is 2.44. The van der Waals surface area contributed by atoms with Gasteiger partial charge in [-0.2, -0.15) is 0 Å². The van der Waals surface area contributed by atoms with Crippen molar-refractivity contribution in [2.45, 2.75) is 37.8 Å². The van der Waals surface area contributed by atoms with E-state index in [1.165, 1.54) is 5.56 Å². The molecule has 2 aliphatic rings. The van der Waals surface area contributed by atoms with Crippen molar-refractivity contribution >= 4 is 27.6 Å². The molecule has 6 nitrogen and oxygen atoms in total. The van der Waals surface area contributed by atoms with Crippen molar-refractivity contribution in [3.05, 3.63) is 58.6 Å². The van der Waals surface area contributed by atoms with Crippen LogP contribution in [0, 0.1) is 5.92 Å². The Morgan fingerprint density at radius 1 is 1.16 bits per heavy atom. The summed E-state index contributed by atoms with van der Waals surface area (Å²) in [6.07, 6.45) is 2.12. The number of ether oxygens (including phenoxy) is 1. The fourth-order valence-electron chi connectivity index (χ4n) is 5.25. The minimum Gasteiger partial charge on any atom is -0.497 e. The maximum atomic E-state index is 13.3. The summed E-state index contributed by atoms with van der Waals surface area (Å²) in [6.45, 7) is 5.30. The number of nitrogens with zero attached hydrogens (tertiary/aromatic N) is 2. The highest BCUT2D eigenvalue weighted by molar-refractivity contribution is 9.10. The number of amides is 2. The summed E-state index contributed by atoms with van der Waals surface area (Å²) < 4.78 is 6.31. The van der Waals surface area contributed by atoms with Crippen molar-refractivity contribution < 1.29 is 9.53 Å². The van der Waals surface area contributed by atoms with Crippen LogP contribution < -0.4 is 15.8 Å². The molecule has 0 aromatic heterocycles. The summed E-state index contributed by atoms with van der Waals surface area (Å²) in [7, 11) is 1.64. The molecule has 0 saturated carbocycles. The van der Waals surface area contributed by atoms with Gasteiger partial charge in [0.2, 0.25) is 0 Å². The standard InChI is InChI=1S/C25H33BrN4O2/c1-3-22-24(18-4-6-19(26)7-5-18)23-16-29(15-17(14-27)12-13-30(22)23)25(31)28-20-8-10-21(32-2)11-9-20/h4-11,17,22-24H,3,12-16,27H2,1-2H3,(H,28,31)/t17?,22-,23+,24+/m1/s1.